The van der Waals surface area contributed by atoms with Crippen LogP contribution in [0.5, 0.6) is 0 Å². The van der Waals surface area contributed by atoms with Crippen LogP contribution in [0, 0.1) is 11.3 Å². The zero-order chi connectivity index (χ0) is 16.2. The third-order valence-electron chi connectivity index (χ3n) is 4.26. The molecule has 0 aliphatic carbocycles. The van der Waals surface area contributed by atoms with Crippen LogP contribution in [-0.4, -0.2) is 36.1 Å². The van der Waals surface area contributed by atoms with E-state index in [1.807, 2.05) is 25.2 Å². The van der Waals surface area contributed by atoms with Crippen LogP contribution in [0.25, 0.3) is 0 Å². The van der Waals surface area contributed by atoms with Crippen LogP contribution in [0.3, 0.4) is 0 Å². The predicted molar refractivity (Wildman–Crippen MR) is 91.8 cm³/mol. The summed E-state index contributed by atoms with van der Waals surface area (Å²) >= 11 is 6.16. The van der Waals surface area contributed by atoms with Gasteiger partial charge in [0.15, 0.2) is 0 Å². The van der Waals surface area contributed by atoms with Crippen LogP contribution in [0.2, 0.25) is 5.02 Å². The second-order valence-electron chi connectivity index (χ2n) is 5.65. The number of nitrogens with zero attached hydrogens (tertiary/aromatic N) is 5. The Kier molecular flexibility index (Phi) is 4.63. The molecule has 2 aromatic rings. The molecule has 1 saturated heterocycles. The van der Waals surface area contributed by atoms with Gasteiger partial charge in [-0.15, -0.1) is 0 Å². The topological polar surface area (TPSA) is 56.1 Å². The Morgan fingerprint density at radius 3 is 2.83 bits per heavy atom. The molecule has 1 aliphatic heterocycles. The van der Waals surface area contributed by atoms with Crippen molar-refractivity contribution in [1.29, 1.82) is 5.26 Å². The van der Waals surface area contributed by atoms with Gasteiger partial charge in [0, 0.05) is 38.6 Å². The summed E-state index contributed by atoms with van der Waals surface area (Å²) < 4.78 is 0. The molecule has 0 spiro atoms. The van der Waals surface area contributed by atoms with Gasteiger partial charge in [0.2, 0.25) is 5.95 Å². The lowest BCUT2D eigenvalue weighted by molar-refractivity contribution is 0.483. The maximum Gasteiger partial charge on any atom is 0.225 e. The first-order valence-corrected chi connectivity index (χ1v) is 8.02. The SMILES string of the molecule is CN(c1ncccn1)C1CCCN(c2cccc(Cl)c2C#N)C1. The predicted octanol–water partition coefficient (Wildman–Crippen LogP) is 3.11. The van der Waals surface area contributed by atoms with Gasteiger partial charge in [-0.2, -0.15) is 5.26 Å². The van der Waals surface area contributed by atoms with Crippen molar-refractivity contribution in [3.63, 3.8) is 0 Å². The van der Waals surface area contributed by atoms with Crippen LogP contribution in [0.4, 0.5) is 11.6 Å². The normalized spacial score (nSPS) is 17.6. The second kappa shape index (κ2) is 6.84. The third-order valence-corrected chi connectivity index (χ3v) is 4.57. The molecule has 0 amide bonds. The van der Waals surface area contributed by atoms with Crippen molar-refractivity contribution in [1.82, 2.24) is 9.97 Å². The number of piperidine rings is 1. The Balaban J connectivity index is 1.82. The molecule has 3 rings (SSSR count). The first kappa shape index (κ1) is 15.6. The molecule has 1 atom stereocenters. The zero-order valence-electron chi connectivity index (χ0n) is 13.0. The lowest BCUT2D eigenvalue weighted by Crippen LogP contribution is -2.47. The fourth-order valence-corrected chi connectivity index (χ4v) is 3.23. The van der Waals surface area contributed by atoms with Crippen molar-refractivity contribution >= 4 is 23.2 Å². The average Bonchev–Trinajstić information content (AvgIpc) is 2.61. The Hall–Kier alpha value is -2.32. The van der Waals surface area contributed by atoms with E-state index in [9.17, 15) is 5.26 Å². The van der Waals surface area contributed by atoms with Crippen LogP contribution in [0.1, 0.15) is 18.4 Å². The van der Waals surface area contributed by atoms with E-state index in [0.29, 0.717) is 16.6 Å². The lowest BCUT2D eigenvalue weighted by atomic mass is 10.0. The van der Waals surface area contributed by atoms with E-state index in [0.717, 1.165) is 37.6 Å². The molecule has 1 unspecified atom stereocenters. The van der Waals surface area contributed by atoms with Gasteiger partial charge < -0.3 is 9.80 Å². The average molecular weight is 328 g/mol. The highest BCUT2D eigenvalue weighted by atomic mass is 35.5. The molecule has 5 nitrogen and oxygen atoms in total. The van der Waals surface area contributed by atoms with Crippen molar-refractivity contribution in [3.8, 4) is 6.07 Å². The molecule has 1 aromatic carbocycles. The molecule has 1 aromatic heterocycles. The summed E-state index contributed by atoms with van der Waals surface area (Å²) in [6.45, 7) is 1.75. The number of benzene rings is 1. The lowest BCUT2D eigenvalue weighted by Gasteiger charge is -2.39. The molecule has 1 fully saturated rings. The molecule has 6 heteroatoms. The number of likely N-dealkylation sites (N-methyl/N-ethyl adjacent to an activating group) is 1. The van der Waals surface area contributed by atoms with Gasteiger partial charge in [-0.1, -0.05) is 17.7 Å². The molecular formula is C17H18ClN5. The van der Waals surface area contributed by atoms with Gasteiger partial charge in [-0.05, 0) is 31.0 Å². The highest BCUT2D eigenvalue weighted by Crippen LogP contribution is 2.30. The monoisotopic (exact) mass is 327 g/mol. The Morgan fingerprint density at radius 2 is 2.09 bits per heavy atom. The van der Waals surface area contributed by atoms with E-state index in [2.05, 4.69) is 25.8 Å². The first-order chi connectivity index (χ1) is 11.2. The summed E-state index contributed by atoms with van der Waals surface area (Å²) in [5.74, 6) is 0.728. The summed E-state index contributed by atoms with van der Waals surface area (Å²) in [7, 11) is 2.02. The minimum Gasteiger partial charge on any atom is -0.368 e. The van der Waals surface area contributed by atoms with Crippen LogP contribution in [-0.2, 0) is 0 Å². The standard InChI is InChI=1S/C17H18ClN5/c1-22(17-20-8-4-9-21-17)13-5-3-10-23(12-13)16-7-2-6-15(18)14(16)11-19/h2,4,6-9,13H,3,5,10,12H2,1H3. The van der Waals surface area contributed by atoms with Gasteiger partial charge in [0.05, 0.1) is 16.3 Å². The van der Waals surface area contributed by atoms with Crippen LogP contribution < -0.4 is 9.80 Å². The van der Waals surface area contributed by atoms with Gasteiger partial charge >= 0.3 is 0 Å². The minimum atomic E-state index is 0.302. The summed E-state index contributed by atoms with van der Waals surface area (Å²) in [6.07, 6.45) is 5.64. The van der Waals surface area contributed by atoms with Crippen LogP contribution in [0.15, 0.2) is 36.7 Å². The maximum atomic E-state index is 9.39. The number of halogens is 1. The number of rotatable bonds is 3. The molecule has 0 radical (unpaired) electrons. The van der Waals surface area contributed by atoms with Gasteiger partial charge in [0.25, 0.3) is 0 Å². The Morgan fingerprint density at radius 1 is 1.30 bits per heavy atom. The van der Waals surface area contributed by atoms with Gasteiger partial charge in [-0.3, -0.25) is 0 Å². The van der Waals surface area contributed by atoms with Crippen molar-refractivity contribution in [2.45, 2.75) is 18.9 Å². The van der Waals surface area contributed by atoms with E-state index >= 15 is 0 Å². The van der Waals surface area contributed by atoms with Gasteiger partial charge in [0.1, 0.15) is 6.07 Å². The van der Waals surface area contributed by atoms with E-state index in [4.69, 9.17) is 11.6 Å². The molecule has 0 saturated carbocycles. The molecule has 2 heterocycles. The fraction of sp³-hybridized carbons (Fsp3) is 0.353. The Bertz CT molecular complexity index is 713. The maximum absolute atomic E-state index is 9.39. The van der Waals surface area contributed by atoms with E-state index in [1.165, 1.54) is 0 Å². The highest BCUT2D eigenvalue weighted by Gasteiger charge is 2.26. The van der Waals surface area contributed by atoms with Crippen molar-refractivity contribution < 1.29 is 0 Å². The van der Waals surface area contributed by atoms with E-state index in [-0.39, 0.29) is 0 Å². The fourth-order valence-electron chi connectivity index (χ4n) is 3.01. The number of anilines is 2. The molecule has 0 N–H and O–H groups in total. The van der Waals surface area contributed by atoms with Crippen molar-refractivity contribution in [3.05, 3.63) is 47.2 Å². The summed E-state index contributed by atoms with van der Waals surface area (Å²) in [5.41, 5.74) is 1.46. The van der Waals surface area contributed by atoms with E-state index in [1.54, 1.807) is 18.5 Å². The Labute approximate surface area is 141 Å². The minimum absolute atomic E-state index is 0.302. The highest BCUT2D eigenvalue weighted by molar-refractivity contribution is 6.32. The summed E-state index contributed by atoms with van der Waals surface area (Å²) in [4.78, 5) is 13.0. The van der Waals surface area contributed by atoms with Crippen molar-refractivity contribution in [2.75, 3.05) is 29.9 Å². The zero-order valence-corrected chi connectivity index (χ0v) is 13.7. The molecule has 0 bridgehead atoms. The quantitative estimate of drug-likeness (QED) is 0.867. The van der Waals surface area contributed by atoms with Crippen molar-refractivity contribution in [2.24, 2.45) is 0 Å². The smallest absolute Gasteiger partial charge is 0.225 e. The molecule has 23 heavy (non-hydrogen) atoms. The molecule has 118 valence electrons. The number of hydrogen-bond acceptors (Lipinski definition) is 5. The molecule has 1 aliphatic rings. The second-order valence-corrected chi connectivity index (χ2v) is 6.05. The first-order valence-electron chi connectivity index (χ1n) is 7.64. The number of nitriles is 1. The number of aromatic nitrogens is 2. The van der Waals surface area contributed by atoms with Gasteiger partial charge in [-0.25, -0.2) is 9.97 Å². The summed E-state index contributed by atoms with van der Waals surface area (Å²) in [5, 5.41) is 9.90. The largest absolute Gasteiger partial charge is 0.368 e. The number of hydrogen-bond donors (Lipinski definition) is 0. The van der Waals surface area contributed by atoms with Crippen LogP contribution >= 0.6 is 11.6 Å². The molecular weight excluding hydrogens is 310 g/mol. The van der Waals surface area contributed by atoms with E-state index < -0.39 is 0 Å². The third kappa shape index (κ3) is 3.22. The summed E-state index contributed by atoms with van der Waals surface area (Å²) in [6, 6.07) is 9.96.